The Morgan fingerprint density at radius 2 is 2.13 bits per heavy atom. The molecule has 0 saturated heterocycles. The molecule has 0 saturated carbocycles. The van der Waals surface area contributed by atoms with Crippen LogP contribution in [0.5, 0.6) is 0 Å². The van der Waals surface area contributed by atoms with Crippen LogP contribution >= 0.6 is 0 Å². The molecule has 0 radical (unpaired) electrons. The highest BCUT2D eigenvalue weighted by molar-refractivity contribution is 5.75. The van der Waals surface area contributed by atoms with Gasteiger partial charge in [0, 0.05) is 6.54 Å². The molecule has 3 nitrogen and oxygen atoms in total. The average Bonchev–Trinajstić information content (AvgIpc) is 2.21. The van der Waals surface area contributed by atoms with Crippen LogP contribution in [-0.4, -0.2) is 17.6 Å². The molecule has 0 aliphatic heterocycles. The van der Waals surface area contributed by atoms with Gasteiger partial charge in [-0.05, 0) is 12.5 Å². The molecule has 2 N–H and O–H groups in total. The van der Waals surface area contributed by atoms with Gasteiger partial charge in [-0.1, -0.05) is 35.9 Å². The number of carboxylic acid groups (broad SMARTS) is 1. The van der Waals surface area contributed by atoms with Crippen molar-refractivity contribution in [2.75, 3.05) is 6.54 Å². The number of hydrogen-bond donors (Lipinski definition) is 2. The number of carboxylic acids is 1. The number of rotatable bonds is 5. The Morgan fingerprint density at radius 3 is 2.60 bits per heavy atom. The molecule has 1 unspecified atom stereocenters. The van der Waals surface area contributed by atoms with Gasteiger partial charge in [0.1, 0.15) is 6.04 Å². The first-order valence-corrected chi connectivity index (χ1v) is 4.79. The van der Waals surface area contributed by atoms with Crippen LogP contribution in [-0.2, 0) is 4.79 Å². The summed E-state index contributed by atoms with van der Waals surface area (Å²) >= 11 is 0. The fourth-order valence-corrected chi connectivity index (χ4v) is 1.31. The van der Waals surface area contributed by atoms with E-state index in [1.807, 2.05) is 31.2 Å². The highest BCUT2D eigenvalue weighted by atomic mass is 16.4. The second-order valence-corrected chi connectivity index (χ2v) is 3.38. The molecule has 0 aliphatic rings. The van der Waals surface area contributed by atoms with E-state index < -0.39 is 12.0 Å². The van der Waals surface area contributed by atoms with E-state index in [2.05, 4.69) is 11.9 Å². The summed E-state index contributed by atoms with van der Waals surface area (Å²) in [5.41, 5.74) is 1.88. The number of hydrogen-bond acceptors (Lipinski definition) is 2. The first kappa shape index (κ1) is 11.5. The van der Waals surface area contributed by atoms with Crippen molar-refractivity contribution >= 4 is 5.97 Å². The zero-order valence-electron chi connectivity index (χ0n) is 8.73. The average molecular weight is 205 g/mol. The molecule has 0 fully saturated rings. The minimum absolute atomic E-state index is 0.477. The van der Waals surface area contributed by atoms with Crippen LogP contribution in [0.2, 0.25) is 0 Å². The zero-order valence-corrected chi connectivity index (χ0v) is 8.73. The molecule has 1 atom stereocenters. The Balaban J connectivity index is 2.83. The van der Waals surface area contributed by atoms with Crippen molar-refractivity contribution in [1.29, 1.82) is 0 Å². The van der Waals surface area contributed by atoms with Gasteiger partial charge in [-0.15, -0.1) is 6.58 Å². The Morgan fingerprint density at radius 1 is 1.53 bits per heavy atom. The maximum Gasteiger partial charge on any atom is 0.325 e. The second kappa shape index (κ2) is 5.32. The summed E-state index contributed by atoms with van der Waals surface area (Å²) in [6.45, 7) is 5.99. The molecule has 0 spiro atoms. The van der Waals surface area contributed by atoms with Crippen molar-refractivity contribution in [3.63, 3.8) is 0 Å². The Kier molecular flexibility index (Phi) is 4.06. The van der Waals surface area contributed by atoms with Gasteiger partial charge in [-0.3, -0.25) is 10.1 Å². The SMILES string of the molecule is C=CCNC(C(=O)O)c1ccc(C)cc1. The van der Waals surface area contributed by atoms with Crippen LogP contribution in [0.4, 0.5) is 0 Å². The summed E-state index contributed by atoms with van der Waals surface area (Å²) in [5, 5.41) is 11.9. The summed E-state index contributed by atoms with van der Waals surface area (Å²) < 4.78 is 0. The van der Waals surface area contributed by atoms with Crippen molar-refractivity contribution in [3.05, 3.63) is 48.0 Å². The zero-order chi connectivity index (χ0) is 11.3. The minimum atomic E-state index is -0.874. The van der Waals surface area contributed by atoms with E-state index in [9.17, 15) is 4.79 Å². The van der Waals surface area contributed by atoms with E-state index in [1.165, 1.54) is 0 Å². The molecule has 0 bridgehead atoms. The number of nitrogens with one attached hydrogen (secondary N) is 1. The maximum absolute atomic E-state index is 11.0. The number of benzene rings is 1. The summed E-state index contributed by atoms with van der Waals surface area (Å²) in [5.74, 6) is -0.874. The fraction of sp³-hybridized carbons (Fsp3) is 0.250. The van der Waals surface area contributed by atoms with Gasteiger partial charge in [-0.2, -0.15) is 0 Å². The van der Waals surface area contributed by atoms with E-state index in [0.29, 0.717) is 6.54 Å². The predicted octanol–water partition coefficient (Wildman–Crippen LogP) is 1.90. The third kappa shape index (κ3) is 3.22. The Hall–Kier alpha value is -1.61. The molecule has 3 heteroatoms. The predicted molar refractivity (Wildman–Crippen MR) is 59.8 cm³/mol. The lowest BCUT2D eigenvalue weighted by Gasteiger charge is -2.13. The molecular formula is C12H15NO2. The lowest BCUT2D eigenvalue weighted by atomic mass is 10.1. The first-order valence-electron chi connectivity index (χ1n) is 4.79. The number of carbonyl (C=O) groups is 1. The quantitative estimate of drug-likeness (QED) is 0.722. The van der Waals surface area contributed by atoms with Crippen LogP contribution in [0.25, 0.3) is 0 Å². The highest BCUT2D eigenvalue weighted by Crippen LogP contribution is 2.13. The largest absolute Gasteiger partial charge is 0.480 e. The molecule has 0 aromatic heterocycles. The third-order valence-corrected chi connectivity index (χ3v) is 2.12. The summed E-state index contributed by atoms with van der Waals surface area (Å²) in [6, 6.07) is 6.79. The molecule has 0 heterocycles. The van der Waals surface area contributed by atoms with E-state index >= 15 is 0 Å². The topological polar surface area (TPSA) is 49.3 Å². The summed E-state index contributed by atoms with van der Waals surface area (Å²) in [7, 11) is 0. The lowest BCUT2D eigenvalue weighted by Crippen LogP contribution is -2.28. The van der Waals surface area contributed by atoms with Crippen LogP contribution in [0, 0.1) is 6.92 Å². The number of aryl methyl sites for hydroxylation is 1. The molecule has 1 aromatic carbocycles. The Labute approximate surface area is 89.4 Å². The van der Waals surface area contributed by atoms with E-state index in [4.69, 9.17) is 5.11 Å². The monoisotopic (exact) mass is 205 g/mol. The van der Waals surface area contributed by atoms with Gasteiger partial charge in [0.05, 0.1) is 0 Å². The summed E-state index contributed by atoms with van der Waals surface area (Å²) in [6.07, 6.45) is 1.64. The van der Waals surface area contributed by atoms with Gasteiger partial charge in [0.25, 0.3) is 0 Å². The second-order valence-electron chi connectivity index (χ2n) is 3.38. The van der Waals surface area contributed by atoms with Gasteiger partial charge >= 0.3 is 5.97 Å². The van der Waals surface area contributed by atoms with Gasteiger partial charge in [0.2, 0.25) is 0 Å². The van der Waals surface area contributed by atoms with Crippen LogP contribution in [0.1, 0.15) is 17.2 Å². The number of aliphatic carboxylic acids is 1. The van der Waals surface area contributed by atoms with Crippen molar-refractivity contribution in [2.45, 2.75) is 13.0 Å². The Bertz CT molecular complexity index is 343. The molecule has 1 rings (SSSR count). The van der Waals surface area contributed by atoms with Crippen molar-refractivity contribution in [3.8, 4) is 0 Å². The van der Waals surface area contributed by atoms with Crippen molar-refractivity contribution in [2.24, 2.45) is 0 Å². The molecule has 1 aromatic rings. The van der Waals surface area contributed by atoms with Gasteiger partial charge < -0.3 is 5.11 Å². The van der Waals surface area contributed by atoms with Gasteiger partial charge in [-0.25, -0.2) is 0 Å². The minimum Gasteiger partial charge on any atom is -0.480 e. The van der Waals surface area contributed by atoms with Crippen LogP contribution in [0.15, 0.2) is 36.9 Å². The van der Waals surface area contributed by atoms with Crippen molar-refractivity contribution < 1.29 is 9.90 Å². The molecule has 0 aliphatic carbocycles. The normalized spacial score (nSPS) is 12.1. The highest BCUT2D eigenvalue weighted by Gasteiger charge is 2.17. The first-order chi connectivity index (χ1) is 7.15. The van der Waals surface area contributed by atoms with E-state index in [-0.39, 0.29) is 0 Å². The van der Waals surface area contributed by atoms with Crippen LogP contribution < -0.4 is 5.32 Å². The fourth-order valence-electron chi connectivity index (χ4n) is 1.31. The van der Waals surface area contributed by atoms with E-state index in [1.54, 1.807) is 6.08 Å². The molecular weight excluding hydrogens is 190 g/mol. The molecule has 80 valence electrons. The van der Waals surface area contributed by atoms with Crippen molar-refractivity contribution in [1.82, 2.24) is 5.32 Å². The summed E-state index contributed by atoms with van der Waals surface area (Å²) in [4.78, 5) is 11.0. The lowest BCUT2D eigenvalue weighted by molar-refractivity contribution is -0.139. The smallest absolute Gasteiger partial charge is 0.325 e. The standard InChI is InChI=1S/C12H15NO2/c1-3-8-13-11(12(14)15)10-6-4-9(2)5-7-10/h3-7,11,13H,1,8H2,2H3,(H,14,15). The van der Waals surface area contributed by atoms with Gasteiger partial charge in [0.15, 0.2) is 0 Å². The van der Waals surface area contributed by atoms with E-state index in [0.717, 1.165) is 11.1 Å². The molecule has 15 heavy (non-hydrogen) atoms. The molecule has 0 amide bonds. The maximum atomic E-state index is 11.0. The van der Waals surface area contributed by atoms with Crippen LogP contribution in [0.3, 0.4) is 0 Å². The third-order valence-electron chi connectivity index (χ3n) is 2.12.